The van der Waals surface area contributed by atoms with Crippen LogP contribution in [0.1, 0.15) is 41.3 Å². The van der Waals surface area contributed by atoms with Crippen molar-refractivity contribution in [2.24, 2.45) is 5.14 Å². The van der Waals surface area contributed by atoms with Gasteiger partial charge in [0, 0.05) is 18.7 Å². The molecule has 1 aromatic carbocycles. The molecule has 130 valence electrons. The fraction of sp³-hybridized carbons (Fsp3) is 0.312. The van der Waals surface area contributed by atoms with Crippen molar-refractivity contribution in [3.8, 4) is 0 Å². The number of rotatable bonds is 8. The summed E-state index contributed by atoms with van der Waals surface area (Å²) in [7, 11) is -4.08. The van der Waals surface area contributed by atoms with Crippen molar-refractivity contribution in [2.75, 3.05) is 11.9 Å². The SMILES string of the molecule is CCCCNc1cc(C(=O)O)cc(S(N)(=O)=O)c1Cc1ccoc1. The molecule has 2 aromatic rings. The number of hydrogen-bond donors (Lipinski definition) is 3. The second-order valence-electron chi connectivity index (χ2n) is 5.44. The van der Waals surface area contributed by atoms with Crippen molar-refractivity contribution in [1.82, 2.24) is 0 Å². The summed E-state index contributed by atoms with van der Waals surface area (Å²) in [5, 5.41) is 17.7. The Balaban J connectivity index is 2.58. The van der Waals surface area contributed by atoms with E-state index in [0.717, 1.165) is 24.5 Å². The van der Waals surface area contributed by atoms with Crippen molar-refractivity contribution in [1.29, 1.82) is 0 Å². The molecule has 2 rings (SSSR count). The van der Waals surface area contributed by atoms with Crippen LogP contribution in [-0.2, 0) is 16.4 Å². The highest BCUT2D eigenvalue weighted by Crippen LogP contribution is 2.29. The van der Waals surface area contributed by atoms with Gasteiger partial charge in [-0.05, 0) is 35.7 Å². The van der Waals surface area contributed by atoms with Crippen LogP contribution in [0.2, 0.25) is 0 Å². The van der Waals surface area contributed by atoms with Crippen molar-refractivity contribution in [2.45, 2.75) is 31.1 Å². The van der Waals surface area contributed by atoms with Gasteiger partial charge in [0.05, 0.1) is 23.0 Å². The zero-order chi connectivity index (χ0) is 17.7. The molecular weight excluding hydrogens is 332 g/mol. The molecule has 0 fully saturated rings. The summed E-state index contributed by atoms with van der Waals surface area (Å²) < 4.78 is 29.0. The zero-order valence-corrected chi connectivity index (χ0v) is 14.1. The molecule has 0 atom stereocenters. The first-order valence-electron chi connectivity index (χ1n) is 7.51. The maximum atomic E-state index is 12.0. The molecule has 1 heterocycles. The second-order valence-corrected chi connectivity index (χ2v) is 6.97. The lowest BCUT2D eigenvalue weighted by Gasteiger charge is -2.16. The largest absolute Gasteiger partial charge is 0.478 e. The van der Waals surface area contributed by atoms with Crippen LogP contribution in [0.25, 0.3) is 0 Å². The highest BCUT2D eigenvalue weighted by Gasteiger charge is 2.21. The number of hydrogen-bond acceptors (Lipinski definition) is 5. The standard InChI is InChI=1S/C16H20N2O5S/c1-2-3-5-18-14-8-12(16(19)20)9-15(24(17,21)22)13(14)7-11-4-6-23-10-11/h4,6,8-10,18H,2-3,5,7H2,1H3,(H,19,20)(H2,17,21,22). The first-order chi connectivity index (χ1) is 11.3. The molecule has 8 heteroatoms. The molecule has 0 bridgehead atoms. The van der Waals surface area contributed by atoms with Gasteiger partial charge in [-0.1, -0.05) is 13.3 Å². The van der Waals surface area contributed by atoms with Gasteiger partial charge < -0.3 is 14.8 Å². The number of sulfonamides is 1. The van der Waals surface area contributed by atoms with Crippen LogP contribution in [0, 0.1) is 0 Å². The van der Waals surface area contributed by atoms with Gasteiger partial charge in [0.2, 0.25) is 10.0 Å². The van der Waals surface area contributed by atoms with Gasteiger partial charge in [-0.15, -0.1) is 0 Å². The van der Waals surface area contributed by atoms with Gasteiger partial charge in [0.1, 0.15) is 0 Å². The number of furan rings is 1. The number of aromatic carboxylic acids is 1. The second kappa shape index (κ2) is 7.50. The number of nitrogens with one attached hydrogen (secondary N) is 1. The van der Waals surface area contributed by atoms with Crippen LogP contribution in [-0.4, -0.2) is 26.0 Å². The molecule has 7 nitrogen and oxygen atoms in total. The summed E-state index contributed by atoms with van der Waals surface area (Å²) in [6, 6.07) is 4.24. The smallest absolute Gasteiger partial charge is 0.335 e. The van der Waals surface area contributed by atoms with Crippen LogP contribution < -0.4 is 10.5 Å². The van der Waals surface area contributed by atoms with Crippen molar-refractivity contribution in [3.63, 3.8) is 0 Å². The number of carbonyl (C=O) groups is 1. The summed E-state index contributed by atoms with van der Waals surface area (Å²) in [4.78, 5) is 11.1. The quantitative estimate of drug-likeness (QED) is 0.627. The highest BCUT2D eigenvalue weighted by atomic mass is 32.2. The molecule has 1 aromatic heterocycles. The Kier molecular flexibility index (Phi) is 5.63. The third-order valence-electron chi connectivity index (χ3n) is 3.57. The molecule has 0 aliphatic rings. The Labute approximate surface area is 140 Å². The predicted molar refractivity (Wildman–Crippen MR) is 89.7 cm³/mol. The fourth-order valence-electron chi connectivity index (χ4n) is 2.36. The molecule has 0 spiro atoms. The van der Waals surface area contributed by atoms with E-state index in [1.807, 2.05) is 6.92 Å². The number of carboxylic acids is 1. The van der Waals surface area contributed by atoms with E-state index < -0.39 is 16.0 Å². The Morgan fingerprint density at radius 1 is 1.38 bits per heavy atom. The molecular formula is C16H20N2O5S. The Morgan fingerprint density at radius 3 is 2.67 bits per heavy atom. The van der Waals surface area contributed by atoms with Gasteiger partial charge in [-0.2, -0.15) is 0 Å². The lowest BCUT2D eigenvalue weighted by atomic mass is 10.0. The number of benzene rings is 1. The van der Waals surface area contributed by atoms with Crippen LogP contribution in [0.5, 0.6) is 0 Å². The molecule has 0 saturated heterocycles. The number of unbranched alkanes of at least 4 members (excludes halogenated alkanes) is 1. The minimum absolute atomic E-state index is 0.131. The third kappa shape index (κ3) is 4.36. The number of anilines is 1. The fourth-order valence-corrected chi connectivity index (χ4v) is 3.18. The normalized spacial score (nSPS) is 11.4. The lowest BCUT2D eigenvalue weighted by molar-refractivity contribution is 0.0696. The Morgan fingerprint density at radius 2 is 2.12 bits per heavy atom. The van der Waals surface area contributed by atoms with Crippen molar-refractivity contribution in [3.05, 3.63) is 47.4 Å². The molecule has 0 saturated carbocycles. The lowest BCUT2D eigenvalue weighted by Crippen LogP contribution is -2.18. The third-order valence-corrected chi connectivity index (χ3v) is 4.55. The van der Waals surface area contributed by atoms with Crippen LogP contribution in [0.15, 0.2) is 40.0 Å². The minimum Gasteiger partial charge on any atom is -0.478 e. The van der Waals surface area contributed by atoms with Gasteiger partial charge >= 0.3 is 5.97 Å². The van der Waals surface area contributed by atoms with Crippen LogP contribution in [0.3, 0.4) is 0 Å². The minimum atomic E-state index is -4.08. The summed E-state index contributed by atoms with van der Waals surface area (Å²) in [5.74, 6) is -1.21. The van der Waals surface area contributed by atoms with Gasteiger partial charge in [-0.25, -0.2) is 18.4 Å². The number of primary sulfonamides is 1. The Hall–Kier alpha value is -2.32. The van der Waals surface area contributed by atoms with E-state index in [1.54, 1.807) is 6.07 Å². The molecule has 0 amide bonds. The van der Waals surface area contributed by atoms with E-state index in [2.05, 4.69) is 5.32 Å². The molecule has 0 unspecified atom stereocenters. The molecule has 4 N–H and O–H groups in total. The van der Waals surface area contributed by atoms with Gasteiger partial charge in [0.25, 0.3) is 0 Å². The van der Waals surface area contributed by atoms with E-state index in [1.165, 1.54) is 18.6 Å². The Bertz CT molecular complexity index is 813. The first-order valence-corrected chi connectivity index (χ1v) is 9.05. The van der Waals surface area contributed by atoms with Crippen molar-refractivity contribution < 1.29 is 22.7 Å². The van der Waals surface area contributed by atoms with E-state index in [0.29, 0.717) is 17.8 Å². The molecule has 0 aliphatic heterocycles. The van der Waals surface area contributed by atoms with Gasteiger partial charge in [-0.3, -0.25) is 0 Å². The topological polar surface area (TPSA) is 123 Å². The summed E-state index contributed by atoms with van der Waals surface area (Å²) in [6.45, 7) is 2.62. The monoisotopic (exact) mass is 352 g/mol. The summed E-state index contributed by atoms with van der Waals surface area (Å²) in [5.41, 5.74) is 1.52. The number of nitrogens with two attached hydrogens (primary N) is 1. The first kappa shape index (κ1) is 18.0. The van der Waals surface area contributed by atoms with Crippen LogP contribution >= 0.6 is 0 Å². The predicted octanol–water partition coefficient (Wildman–Crippen LogP) is 2.43. The van der Waals surface area contributed by atoms with E-state index in [-0.39, 0.29) is 16.9 Å². The highest BCUT2D eigenvalue weighted by molar-refractivity contribution is 7.89. The maximum Gasteiger partial charge on any atom is 0.335 e. The summed E-state index contributed by atoms with van der Waals surface area (Å²) >= 11 is 0. The zero-order valence-electron chi connectivity index (χ0n) is 13.3. The number of carboxylic acid groups (broad SMARTS) is 1. The van der Waals surface area contributed by atoms with E-state index in [9.17, 15) is 18.3 Å². The van der Waals surface area contributed by atoms with Crippen molar-refractivity contribution >= 4 is 21.7 Å². The van der Waals surface area contributed by atoms with Gasteiger partial charge in [0.15, 0.2) is 0 Å². The molecule has 24 heavy (non-hydrogen) atoms. The van der Waals surface area contributed by atoms with Crippen LogP contribution in [0.4, 0.5) is 5.69 Å². The average molecular weight is 352 g/mol. The summed E-state index contributed by atoms with van der Waals surface area (Å²) in [6.07, 6.45) is 5.07. The molecule has 0 aliphatic carbocycles. The average Bonchev–Trinajstić information content (AvgIpc) is 3.00. The maximum absolute atomic E-state index is 12.0. The van der Waals surface area contributed by atoms with E-state index >= 15 is 0 Å². The molecule has 0 radical (unpaired) electrons. The van der Waals surface area contributed by atoms with E-state index in [4.69, 9.17) is 9.56 Å².